The van der Waals surface area contributed by atoms with E-state index in [0.29, 0.717) is 11.8 Å². The second kappa shape index (κ2) is 3.54. The molecule has 0 spiro atoms. The van der Waals surface area contributed by atoms with Crippen LogP contribution in [0.5, 0.6) is 0 Å². The third-order valence-electron chi connectivity index (χ3n) is 3.18. The Morgan fingerprint density at radius 3 is 2.69 bits per heavy atom. The predicted molar refractivity (Wildman–Crippen MR) is 48.7 cm³/mol. The van der Waals surface area contributed by atoms with Gasteiger partial charge >= 0.3 is 6.09 Å². The highest BCUT2D eigenvalue weighted by Crippen LogP contribution is 2.28. The Hall–Kier alpha value is -0.770. The zero-order chi connectivity index (χ0) is 9.26. The van der Waals surface area contributed by atoms with Crippen LogP contribution in [-0.2, 0) is 0 Å². The number of nitrogens with one attached hydrogen (secondary N) is 1. The Bertz CT molecular complexity index is 196. The summed E-state index contributed by atoms with van der Waals surface area (Å²) in [5.74, 6) is 1.33. The van der Waals surface area contributed by atoms with Gasteiger partial charge in [0.05, 0.1) is 0 Å². The standard InChI is InChI=1S/C9H16N2O2/c12-9(13)11-5-8(6-11)7-2-1-3-10-4-7/h7-8,10H,1-6H2,(H,12,13)/t7-/m0/s1. The first kappa shape index (κ1) is 8.81. The van der Waals surface area contributed by atoms with Crippen molar-refractivity contribution in [3.8, 4) is 0 Å². The van der Waals surface area contributed by atoms with Crippen molar-refractivity contribution in [2.75, 3.05) is 26.2 Å². The predicted octanol–water partition coefficient (Wildman–Crippen LogP) is 0.596. The Morgan fingerprint density at radius 2 is 2.15 bits per heavy atom. The van der Waals surface area contributed by atoms with E-state index in [1.54, 1.807) is 0 Å². The van der Waals surface area contributed by atoms with Crippen LogP contribution in [0, 0.1) is 11.8 Å². The normalized spacial score (nSPS) is 29.8. The number of nitrogens with zero attached hydrogens (tertiary/aromatic N) is 1. The van der Waals surface area contributed by atoms with E-state index in [1.807, 2.05) is 0 Å². The molecule has 0 aromatic heterocycles. The number of carbonyl (C=O) groups is 1. The first-order valence-electron chi connectivity index (χ1n) is 4.96. The molecule has 4 nitrogen and oxygen atoms in total. The van der Waals surface area contributed by atoms with Gasteiger partial charge in [-0.2, -0.15) is 0 Å². The van der Waals surface area contributed by atoms with E-state index in [-0.39, 0.29) is 0 Å². The third kappa shape index (κ3) is 1.77. The molecule has 2 N–H and O–H groups in total. The topological polar surface area (TPSA) is 52.6 Å². The molecule has 1 amide bonds. The van der Waals surface area contributed by atoms with Gasteiger partial charge in [0.15, 0.2) is 0 Å². The van der Waals surface area contributed by atoms with Gasteiger partial charge in [0.2, 0.25) is 0 Å². The molecule has 0 aromatic rings. The highest BCUT2D eigenvalue weighted by Gasteiger charge is 2.36. The summed E-state index contributed by atoms with van der Waals surface area (Å²) in [5.41, 5.74) is 0. The quantitative estimate of drug-likeness (QED) is 0.627. The average molecular weight is 184 g/mol. The summed E-state index contributed by atoms with van der Waals surface area (Å²) in [6.07, 6.45) is 1.75. The van der Waals surface area contributed by atoms with E-state index in [4.69, 9.17) is 5.11 Å². The van der Waals surface area contributed by atoms with Gasteiger partial charge in [-0.1, -0.05) is 0 Å². The van der Waals surface area contributed by atoms with Crippen molar-refractivity contribution in [3.05, 3.63) is 0 Å². The summed E-state index contributed by atoms with van der Waals surface area (Å²) < 4.78 is 0. The largest absolute Gasteiger partial charge is 0.465 e. The first-order chi connectivity index (χ1) is 6.27. The minimum absolute atomic E-state index is 0.615. The average Bonchev–Trinajstić information content (AvgIpc) is 2.02. The van der Waals surface area contributed by atoms with Crippen LogP contribution >= 0.6 is 0 Å². The van der Waals surface area contributed by atoms with Gasteiger partial charge in [0.25, 0.3) is 0 Å². The number of rotatable bonds is 1. The van der Waals surface area contributed by atoms with Crippen molar-refractivity contribution in [1.82, 2.24) is 10.2 Å². The van der Waals surface area contributed by atoms with Gasteiger partial charge in [0, 0.05) is 13.1 Å². The van der Waals surface area contributed by atoms with Gasteiger partial charge in [0.1, 0.15) is 0 Å². The maximum absolute atomic E-state index is 10.5. The number of likely N-dealkylation sites (tertiary alicyclic amines) is 1. The molecule has 2 fully saturated rings. The number of amides is 1. The fourth-order valence-corrected chi connectivity index (χ4v) is 2.25. The van der Waals surface area contributed by atoms with Crippen LogP contribution in [0.15, 0.2) is 0 Å². The van der Waals surface area contributed by atoms with Gasteiger partial charge in [-0.25, -0.2) is 4.79 Å². The molecular formula is C9H16N2O2. The maximum atomic E-state index is 10.5. The van der Waals surface area contributed by atoms with Crippen LogP contribution in [-0.4, -0.2) is 42.3 Å². The number of hydrogen-bond donors (Lipinski definition) is 2. The fraction of sp³-hybridized carbons (Fsp3) is 0.889. The highest BCUT2D eigenvalue weighted by molar-refractivity contribution is 5.66. The summed E-state index contributed by atoms with van der Waals surface area (Å²) in [6, 6.07) is 0. The molecule has 2 heterocycles. The zero-order valence-corrected chi connectivity index (χ0v) is 7.70. The molecule has 0 unspecified atom stereocenters. The van der Waals surface area contributed by atoms with Crippen molar-refractivity contribution in [1.29, 1.82) is 0 Å². The third-order valence-corrected chi connectivity index (χ3v) is 3.18. The summed E-state index contributed by atoms with van der Waals surface area (Å²) in [6.45, 7) is 3.72. The molecule has 0 saturated carbocycles. The minimum atomic E-state index is -0.764. The molecule has 2 aliphatic heterocycles. The summed E-state index contributed by atoms with van der Waals surface area (Å²) in [4.78, 5) is 12.0. The van der Waals surface area contributed by atoms with Gasteiger partial charge < -0.3 is 15.3 Å². The zero-order valence-electron chi connectivity index (χ0n) is 7.70. The number of carboxylic acid groups (broad SMARTS) is 1. The smallest absolute Gasteiger partial charge is 0.407 e. The van der Waals surface area contributed by atoms with E-state index in [0.717, 1.165) is 26.2 Å². The van der Waals surface area contributed by atoms with Crippen molar-refractivity contribution in [2.24, 2.45) is 11.8 Å². The SMILES string of the molecule is O=C(O)N1CC([C@H]2CCCNC2)C1. The van der Waals surface area contributed by atoms with Crippen molar-refractivity contribution < 1.29 is 9.90 Å². The van der Waals surface area contributed by atoms with Crippen molar-refractivity contribution in [3.63, 3.8) is 0 Å². The van der Waals surface area contributed by atoms with Crippen LogP contribution in [0.3, 0.4) is 0 Å². The second-order valence-corrected chi connectivity index (χ2v) is 4.05. The maximum Gasteiger partial charge on any atom is 0.407 e. The van der Waals surface area contributed by atoms with Gasteiger partial charge in [-0.05, 0) is 37.8 Å². The Labute approximate surface area is 77.9 Å². The van der Waals surface area contributed by atoms with Crippen LogP contribution in [0.1, 0.15) is 12.8 Å². The van der Waals surface area contributed by atoms with Crippen LogP contribution in [0.2, 0.25) is 0 Å². The molecule has 4 heteroatoms. The van der Waals surface area contributed by atoms with Gasteiger partial charge in [-0.3, -0.25) is 0 Å². The second-order valence-electron chi connectivity index (χ2n) is 4.05. The monoisotopic (exact) mass is 184 g/mol. The lowest BCUT2D eigenvalue weighted by molar-refractivity contribution is 0.0478. The molecule has 0 aromatic carbocycles. The lowest BCUT2D eigenvalue weighted by Gasteiger charge is -2.43. The van der Waals surface area contributed by atoms with E-state index in [2.05, 4.69) is 5.32 Å². The van der Waals surface area contributed by atoms with Crippen LogP contribution in [0.4, 0.5) is 4.79 Å². The minimum Gasteiger partial charge on any atom is -0.465 e. The number of hydrogen-bond acceptors (Lipinski definition) is 2. The van der Waals surface area contributed by atoms with Crippen LogP contribution < -0.4 is 5.32 Å². The molecule has 0 aliphatic carbocycles. The Balaban J connectivity index is 1.75. The summed E-state index contributed by atoms with van der Waals surface area (Å²) >= 11 is 0. The van der Waals surface area contributed by atoms with Gasteiger partial charge in [-0.15, -0.1) is 0 Å². The van der Waals surface area contributed by atoms with E-state index < -0.39 is 6.09 Å². The van der Waals surface area contributed by atoms with E-state index >= 15 is 0 Å². The van der Waals surface area contributed by atoms with Crippen LogP contribution in [0.25, 0.3) is 0 Å². The molecule has 0 bridgehead atoms. The Morgan fingerprint density at radius 1 is 1.38 bits per heavy atom. The molecule has 2 aliphatic rings. The molecule has 74 valence electrons. The lowest BCUT2D eigenvalue weighted by Crippen LogP contribution is -2.54. The van der Waals surface area contributed by atoms with Crippen molar-refractivity contribution in [2.45, 2.75) is 12.8 Å². The molecule has 13 heavy (non-hydrogen) atoms. The molecular weight excluding hydrogens is 168 g/mol. The summed E-state index contributed by atoms with van der Waals surface area (Å²) in [5, 5.41) is 12.0. The summed E-state index contributed by atoms with van der Waals surface area (Å²) in [7, 11) is 0. The fourth-order valence-electron chi connectivity index (χ4n) is 2.25. The van der Waals surface area contributed by atoms with E-state index in [1.165, 1.54) is 17.7 Å². The molecule has 1 atom stereocenters. The molecule has 2 saturated heterocycles. The lowest BCUT2D eigenvalue weighted by atomic mass is 9.81. The Kier molecular flexibility index (Phi) is 2.40. The van der Waals surface area contributed by atoms with E-state index in [9.17, 15) is 4.79 Å². The van der Waals surface area contributed by atoms with Crippen molar-refractivity contribution >= 4 is 6.09 Å². The molecule has 0 radical (unpaired) electrons. The molecule has 2 rings (SSSR count). The first-order valence-corrected chi connectivity index (χ1v) is 4.96. The number of piperidine rings is 1. The highest BCUT2D eigenvalue weighted by atomic mass is 16.4.